The first-order valence-electron chi connectivity index (χ1n) is 4.89. The van der Waals surface area contributed by atoms with E-state index in [1.54, 1.807) is 0 Å². The first kappa shape index (κ1) is 13.1. The van der Waals surface area contributed by atoms with Crippen LogP contribution in [0.15, 0.2) is 24.3 Å². The minimum absolute atomic E-state index is 0.888. The zero-order valence-electron chi connectivity index (χ0n) is 9.66. The third-order valence-corrected chi connectivity index (χ3v) is 2.27. The van der Waals surface area contributed by atoms with Gasteiger partial charge in [0, 0.05) is 19.7 Å². The molecule has 0 radical (unpaired) electrons. The molecule has 0 spiro atoms. The molecule has 1 rings (SSSR count). The number of aryl methyl sites for hydroxylation is 1. The van der Waals surface area contributed by atoms with Crippen LogP contribution in [0.1, 0.15) is 25.0 Å². The van der Waals surface area contributed by atoms with Crippen molar-refractivity contribution in [3.8, 4) is 0 Å². The third kappa shape index (κ3) is 3.88. The lowest BCUT2D eigenvalue weighted by molar-refractivity contribution is 0.636. The number of hydrogen-bond donors (Lipinski definition) is 0. The molecule has 0 fully saturated rings. The maximum Gasteiger partial charge on any atom is 0.108 e. The summed E-state index contributed by atoms with van der Waals surface area (Å²) in [5.41, 5.74) is 2.37. The molecule has 0 atom stereocenters. The normalized spacial score (nSPS) is 8.64. The van der Waals surface area contributed by atoms with Crippen molar-refractivity contribution in [2.75, 3.05) is 14.1 Å². The van der Waals surface area contributed by atoms with Crippen LogP contribution in [0.3, 0.4) is 0 Å². The van der Waals surface area contributed by atoms with Crippen molar-refractivity contribution in [1.29, 1.82) is 0 Å². The quantitative estimate of drug-likeness (QED) is 0.653. The number of rotatable bonds is 1. The van der Waals surface area contributed by atoms with Crippen molar-refractivity contribution in [3.05, 3.63) is 35.4 Å². The molecular weight excluding hydrogens is 190 g/mol. The average Bonchev–Trinajstić information content (AvgIpc) is 2.19. The fourth-order valence-corrected chi connectivity index (χ4v) is 1.16. The molecule has 0 aliphatic rings. The lowest BCUT2D eigenvalue weighted by Gasteiger charge is -2.13. The van der Waals surface area contributed by atoms with Crippen LogP contribution in [-0.2, 0) is 0 Å². The van der Waals surface area contributed by atoms with E-state index in [0.29, 0.717) is 0 Å². The SMILES string of the molecule is CC.Cc1cccc(C(=S)N(C)C)c1. The second-order valence-corrected chi connectivity index (χ2v) is 3.46. The topological polar surface area (TPSA) is 3.24 Å². The number of benzene rings is 1. The first-order chi connectivity index (χ1) is 6.61. The van der Waals surface area contributed by atoms with Gasteiger partial charge in [0.2, 0.25) is 0 Å². The Morgan fingerprint density at radius 3 is 2.21 bits per heavy atom. The largest absolute Gasteiger partial charge is 0.368 e. The Hall–Kier alpha value is -0.890. The summed E-state index contributed by atoms with van der Waals surface area (Å²) in [6.45, 7) is 6.07. The van der Waals surface area contributed by atoms with E-state index < -0.39 is 0 Å². The molecule has 1 nitrogen and oxygen atoms in total. The van der Waals surface area contributed by atoms with Gasteiger partial charge in [-0.05, 0) is 13.0 Å². The molecule has 0 N–H and O–H groups in total. The molecule has 78 valence electrons. The van der Waals surface area contributed by atoms with E-state index in [1.807, 2.05) is 45.0 Å². The lowest BCUT2D eigenvalue weighted by atomic mass is 10.1. The van der Waals surface area contributed by atoms with Crippen LogP contribution in [-0.4, -0.2) is 24.0 Å². The summed E-state index contributed by atoms with van der Waals surface area (Å²) in [7, 11) is 3.93. The van der Waals surface area contributed by atoms with Crippen LogP contribution in [0.25, 0.3) is 0 Å². The minimum atomic E-state index is 0.888. The van der Waals surface area contributed by atoms with Gasteiger partial charge in [-0.2, -0.15) is 0 Å². The molecule has 0 saturated heterocycles. The molecule has 1 aromatic carbocycles. The molecule has 2 heteroatoms. The molecule has 0 aliphatic carbocycles. The fraction of sp³-hybridized carbons (Fsp3) is 0.417. The third-order valence-electron chi connectivity index (χ3n) is 1.67. The van der Waals surface area contributed by atoms with Gasteiger partial charge < -0.3 is 4.90 Å². The van der Waals surface area contributed by atoms with Gasteiger partial charge in [-0.15, -0.1) is 0 Å². The molecule has 0 saturated carbocycles. The summed E-state index contributed by atoms with van der Waals surface area (Å²) >= 11 is 5.23. The number of thiocarbonyl (C=S) groups is 1. The van der Waals surface area contributed by atoms with Crippen molar-refractivity contribution < 1.29 is 0 Å². The van der Waals surface area contributed by atoms with Crippen LogP contribution >= 0.6 is 12.2 Å². The van der Waals surface area contributed by atoms with Crippen molar-refractivity contribution in [3.63, 3.8) is 0 Å². The zero-order valence-corrected chi connectivity index (χ0v) is 10.5. The molecule has 0 amide bonds. The summed E-state index contributed by atoms with van der Waals surface area (Å²) in [6.07, 6.45) is 0. The molecule has 0 bridgehead atoms. The van der Waals surface area contributed by atoms with Gasteiger partial charge in [0.1, 0.15) is 4.99 Å². The Morgan fingerprint density at radius 2 is 1.79 bits per heavy atom. The van der Waals surface area contributed by atoms with Gasteiger partial charge in [0.25, 0.3) is 0 Å². The van der Waals surface area contributed by atoms with Crippen molar-refractivity contribution in [2.45, 2.75) is 20.8 Å². The Balaban J connectivity index is 0.000000791. The maximum atomic E-state index is 5.23. The van der Waals surface area contributed by atoms with Gasteiger partial charge in [-0.1, -0.05) is 49.8 Å². The highest BCUT2D eigenvalue weighted by Crippen LogP contribution is 2.06. The van der Waals surface area contributed by atoms with E-state index in [9.17, 15) is 0 Å². The van der Waals surface area contributed by atoms with Gasteiger partial charge in [-0.25, -0.2) is 0 Å². The van der Waals surface area contributed by atoms with Crippen LogP contribution in [0.4, 0.5) is 0 Å². The summed E-state index contributed by atoms with van der Waals surface area (Å²) in [6, 6.07) is 8.24. The summed E-state index contributed by atoms with van der Waals surface area (Å²) < 4.78 is 0. The Kier molecular flexibility index (Phi) is 6.13. The van der Waals surface area contributed by atoms with Crippen LogP contribution < -0.4 is 0 Å². The molecular formula is C12H19NS. The molecule has 0 unspecified atom stereocenters. The Morgan fingerprint density at radius 1 is 1.21 bits per heavy atom. The first-order valence-corrected chi connectivity index (χ1v) is 5.30. The lowest BCUT2D eigenvalue weighted by Crippen LogP contribution is -2.20. The highest BCUT2D eigenvalue weighted by molar-refractivity contribution is 7.80. The van der Waals surface area contributed by atoms with Gasteiger partial charge in [0.05, 0.1) is 0 Å². The second kappa shape index (κ2) is 6.55. The van der Waals surface area contributed by atoms with Crippen molar-refractivity contribution in [1.82, 2.24) is 4.90 Å². The Labute approximate surface area is 92.7 Å². The monoisotopic (exact) mass is 209 g/mol. The molecule has 0 aromatic heterocycles. The molecule has 1 aromatic rings. The summed E-state index contributed by atoms with van der Waals surface area (Å²) in [5.74, 6) is 0. The predicted octanol–water partition coefficient (Wildman–Crippen LogP) is 3.26. The average molecular weight is 209 g/mol. The molecule has 14 heavy (non-hydrogen) atoms. The highest BCUT2D eigenvalue weighted by atomic mass is 32.1. The van der Waals surface area contributed by atoms with E-state index in [4.69, 9.17) is 12.2 Å². The van der Waals surface area contributed by atoms with E-state index in [0.717, 1.165) is 10.6 Å². The van der Waals surface area contributed by atoms with Crippen LogP contribution in [0.2, 0.25) is 0 Å². The highest BCUT2D eigenvalue weighted by Gasteiger charge is 2.01. The maximum absolute atomic E-state index is 5.23. The predicted molar refractivity (Wildman–Crippen MR) is 67.9 cm³/mol. The summed E-state index contributed by atoms with van der Waals surface area (Å²) in [4.78, 5) is 2.84. The zero-order chi connectivity index (χ0) is 11.1. The van der Waals surface area contributed by atoms with E-state index in [1.165, 1.54) is 5.56 Å². The van der Waals surface area contributed by atoms with Crippen molar-refractivity contribution in [2.24, 2.45) is 0 Å². The van der Waals surface area contributed by atoms with Crippen molar-refractivity contribution >= 4 is 17.2 Å². The van der Waals surface area contributed by atoms with Gasteiger partial charge >= 0.3 is 0 Å². The molecule has 0 aliphatic heterocycles. The van der Waals surface area contributed by atoms with E-state index in [-0.39, 0.29) is 0 Å². The van der Waals surface area contributed by atoms with Gasteiger partial charge in [0.15, 0.2) is 0 Å². The minimum Gasteiger partial charge on any atom is -0.368 e. The number of nitrogens with zero attached hydrogens (tertiary/aromatic N) is 1. The van der Waals surface area contributed by atoms with E-state index >= 15 is 0 Å². The number of hydrogen-bond acceptors (Lipinski definition) is 1. The molecule has 0 heterocycles. The fourth-order valence-electron chi connectivity index (χ4n) is 1.04. The standard InChI is InChI=1S/C10H13NS.C2H6/c1-8-5-4-6-9(7-8)10(12)11(2)3;1-2/h4-7H,1-3H3;1-2H3. The van der Waals surface area contributed by atoms with Gasteiger partial charge in [-0.3, -0.25) is 0 Å². The van der Waals surface area contributed by atoms with E-state index in [2.05, 4.69) is 19.1 Å². The van der Waals surface area contributed by atoms with Crippen LogP contribution in [0, 0.1) is 6.92 Å². The second-order valence-electron chi connectivity index (χ2n) is 3.07. The Bertz CT molecular complexity index is 292. The summed E-state index contributed by atoms with van der Waals surface area (Å²) in [5, 5.41) is 0. The smallest absolute Gasteiger partial charge is 0.108 e. The van der Waals surface area contributed by atoms with Crippen LogP contribution in [0.5, 0.6) is 0 Å².